The van der Waals surface area contributed by atoms with Crippen LogP contribution in [-0.4, -0.2) is 21.9 Å². The zero-order chi connectivity index (χ0) is 21.3. The van der Waals surface area contributed by atoms with Crippen molar-refractivity contribution in [3.05, 3.63) is 81.2 Å². The van der Waals surface area contributed by atoms with Gasteiger partial charge in [-0.3, -0.25) is 4.98 Å². The fourth-order valence-corrected chi connectivity index (χ4v) is 4.77. The monoisotopic (exact) mass is 387 g/mol. The Morgan fingerprint density at radius 1 is 0.621 bits per heavy atom. The second-order valence-corrected chi connectivity index (χ2v) is 8.26. The summed E-state index contributed by atoms with van der Waals surface area (Å²) in [5.74, 6) is 0. The Kier molecular flexibility index (Phi) is 6.25. The summed E-state index contributed by atoms with van der Waals surface area (Å²) in [6, 6.07) is 12.9. The molecule has 0 spiro atoms. The molecular formula is C25H30BNO2. The molecule has 0 amide bonds. The lowest BCUT2D eigenvalue weighted by Gasteiger charge is -2.25. The maximum atomic E-state index is 9.75. The van der Waals surface area contributed by atoms with Crippen molar-refractivity contribution in [3.63, 3.8) is 0 Å². The largest absolute Gasteiger partial charge is 0.390 e. The molecule has 3 nitrogen and oxygen atoms in total. The van der Waals surface area contributed by atoms with Crippen molar-refractivity contribution < 1.29 is 10.2 Å². The van der Waals surface area contributed by atoms with Gasteiger partial charge in [-0.05, 0) is 53.7 Å². The lowest BCUT2D eigenvalue weighted by atomic mass is 9.34. The normalized spacial score (nSPS) is 11.0. The molecule has 1 heterocycles. The molecule has 2 aromatic carbocycles. The van der Waals surface area contributed by atoms with Crippen LogP contribution in [0.2, 0.25) is 0 Å². The molecule has 0 unspecified atom stereocenters. The Balaban J connectivity index is 2.39. The molecule has 150 valence electrons. The Morgan fingerprint density at radius 2 is 0.966 bits per heavy atom. The van der Waals surface area contributed by atoms with Crippen LogP contribution in [-0.2, 0) is 13.2 Å². The Bertz CT molecular complexity index is 933. The second kappa shape index (κ2) is 8.52. The van der Waals surface area contributed by atoms with E-state index in [1.807, 2.05) is 12.1 Å². The van der Waals surface area contributed by atoms with Gasteiger partial charge >= 0.3 is 0 Å². The molecule has 0 fully saturated rings. The van der Waals surface area contributed by atoms with Crippen LogP contribution < -0.4 is 16.4 Å². The van der Waals surface area contributed by atoms with Crippen LogP contribution in [0.25, 0.3) is 0 Å². The number of pyridine rings is 1. The highest BCUT2D eigenvalue weighted by molar-refractivity contribution is 6.96. The minimum absolute atomic E-state index is 0.00907. The molecule has 3 rings (SSSR count). The molecule has 0 atom stereocenters. The number of aliphatic hydroxyl groups excluding tert-OH is 2. The third-order valence-electron chi connectivity index (χ3n) is 5.66. The van der Waals surface area contributed by atoms with Crippen molar-refractivity contribution >= 4 is 23.1 Å². The number of aryl methyl sites for hydroxylation is 6. The van der Waals surface area contributed by atoms with Gasteiger partial charge in [0.15, 0.2) is 0 Å². The third kappa shape index (κ3) is 4.29. The Morgan fingerprint density at radius 3 is 1.28 bits per heavy atom. The predicted molar refractivity (Wildman–Crippen MR) is 122 cm³/mol. The predicted octanol–water partition coefficient (Wildman–Crippen LogP) is 2.43. The van der Waals surface area contributed by atoms with Crippen LogP contribution in [0.4, 0.5) is 0 Å². The van der Waals surface area contributed by atoms with Crippen LogP contribution in [0.3, 0.4) is 0 Å². The van der Waals surface area contributed by atoms with Gasteiger partial charge in [0.2, 0.25) is 6.71 Å². The summed E-state index contributed by atoms with van der Waals surface area (Å²) in [5, 5.41) is 19.5. The highest BCUT2D eigenvalue weighted by Gasteiger charge is 2.29. The lowest BCUT2D eigenvalue weighted by Crippen LogP contribution is -2.56. The molecule has 4 heteroatoms. The van der Waals surface area contributed by atoms with E-state index in [1.165, 1.54) is 44.3 Å². The van der Waals surface area contributed by atoms with Crippen molar-refractivity contribution in [3.8, 4) is 0 Å². The van der Waals surface area contributed by atoms with Crippen molar-refractivity contribution in [1.82, 2.24) is 4.98 Å². The number of benzene rings is 2. The summed E-state index contributed by atoms with van der Waals surface area (Å²) in [6.45, 7) is 12.6. The van der Waals surface area contributed by atoms with Crippen molar-refractivity contribution in [2.75, 3.05) is 0 Å². The minimum Gasteiger partial charge on any atom is -0.390 e. The fraction of sp³-hybridized carbons (Fsp3) is 0.320. The Hall–Kier alpha value is -2.43. The molecule has 0 saturated carbocycles. The maximum Gasteiger partial charge on any atom is 0.242 e. The number of hydrogen-bond donors (Lipinski definition) is 2. The summed E-state index contributed by atoms with van der Waals surface area (Å²) in [4.78, 5) is 4.36. The molecule has 0 aliphatic heterocycles. The number of hydrogen-bond acceptors (Lipinski definition) is 3. The van der Waals surface area contributed by atoms with Gasteiger partial charge in [-0.2, -0.15) is 0 Å². The highest BCUT2D eigenvalue weighted by atomic mass is 16.3. The molecule has 0 aliphatic rings. The number of nitrogens with zero attached hydrogens (tertiary/aromatic N) is 1. The SMILES string of the molecule is Cc1cc(C)c(B(c2cc(CO)nc(CO)c2)c2c(C)cc(C)cc2C)c(C)c1. The maximum absolute atomic E-state index is 9.75. The van der Waals surface area contributed by atoms with E-state index in [9.17, 15) is 10.2 Å². The average molecular weight is 387 g/mol. The molecule has 0 aliphatic carbocycles. The standard InChI is InChI=1S/C25H30BNO2/c1-15-7-17(3)24(18(4)8-15)26(25-19(5)9-16(2)10-20(25)6)21-11-22(13-28)27-23(12-21)14-29/h7-12,28-29H,13-14H2,1-6H3. The average Bonchev–Trinajstić information content (AvgIpc) is 2.64. The van der Waals surface area contributed by atoms with E-state index in [-0.39, 0.29) is 19.9 Å². The van der Waals surface area contributed by atoms with E-state index >= 15 is 0 Å². The van der Waals surface area contributed by atoms with Crippen molar-refractivity contribution in [2.24, 2.45) is 0 Å². The second-order valence-electron chi connectivity index (χ2n) is 8.26. The first-order valence-corrected chi connectivity index (χ1v) is 10.1. The van der Waals surface area contributed by atoms with Crippen LogP contribution >= 0.6 is 0 Å². The van der Waals surface area contributed by atoms with Gasteiger partial charge in [-0.25, -0.2) is 0 Å². The van der Waals surface area contributed by atoms with E-state index in [2.05, 4.69) is 70.8 Å². The number of rotatable bonds is 5. The zero-order valence-corrected chi connectivity index (χ0v) is 18.3. The van der Waals surface area contributed by atoms with Crippen LogP contribution in [0.1, 0.15) is 44.8 Å². The Labute approximate surface area is 174 Å². The molecule has 1 aromatic heterocycles. The van der Waals surface area contributed by atoms with Gasteiger partial charge in [0.1, 0.15) is 0 Å². The first kappa shape index (κ1) is 21.3. The van der Waals surface area contributed by atoms with E-state index in [0.717, 1.165) is 5.46 Å². The molecule has 0 bridgehead atoms. The van der Waals surface area contributed by atoms with Crippen molar-refractivity contribution in [1.29, 1.82) is 0 Å². The summed E-state index contributed by atoms with van der Waals surface area (Å²) < 4.78 is 0. The van der Waals surface area contributed by atoms with Gasteiger partial charge in [0, 0.05) is 0 Å². The van der Waals surface area contributed by atoms with E-state index in [1.54, 1.807) is 0 Å². The lowest BCUT2D eigenvalue weighted by molar-refractivity contribution is 0.266. The summed E-state index contributed by atoms with van der Waals surface area (Å²) in [5.41, 5.74) is 12.3. The van der Waals surface area contributed by atoms with Gasteiger partial charge < -0.3 is 10.2 Å². The quantitative estimate of drug-likeness (QED) is 0.662. The summed E-state index contributed by atoms with van der Waals surface area (Å²) in [7, 11) is 0. The van der Waals surface area contributed by atoms with Gasteiger partial charge in [-0.1, -0.05) is 74.0 Å². The van der Waals surface area contributed by atoms with Crippen LogP contribution in [0, 0.1) is 41.5 Å². The molecular weight excluding hydrogens is 357 g/mol. The fourth-order valence-electron chi connectivity index (χ4n) is 4.77. The molecule has 2 N–H and O–H groups in total. The smallest absolute Gasteiger partial charge is 0.242 e. The van der Waals surface area contributed by atoms with E-state index < -0.39 is 0 Å². The third-order valence-corrected chi connectivity index (χ3v) is 5.66. The molecule has 0 radical (unpaired) electrons. The zero-order valence-electron chi connectivity index (χ0n) is 18.3. The van der Waals surface area contributed by atoms with E-state index in [4.69, 9.17) is 0 Å². The first-order valence-electron chi connectivity index (χ1n) is 10.1. The summed E-state index contributed by atoms with van der Waals surface area (Å²) >= 11 is 0. The number of aromatic nitrogens is 1. The van der Waals surface area contributed by atoms with E-state index in [0.29, 0.717) is 11.4 Å². The summed E-state index contributed by atoms with van der Waals surface area (Å²) in [6.07, 6.45) is 0. The van der Waals surface area contributed by atoms with Gasteiger partial charge in [-0.15, -0.1) is 0 Å². The molecule has 29 heavy (non-hydrogen) atoms. The molecule has 3 aromatic rings. The first-order chi connectivity index (χ1) is 13.7. The van der Waals surface area contributed by atoms with Crippen molar-refractivity contribution in [2.45, 2.75) is 54.8 Å². The number of aliphatic hydroxyl groups is 2. The van der Waals surface area contributed by atoms with Crippen LogP contribution in [0.5, 0.6) is 0 Å². The van der Waals surface area contributed by atoms with Gasteiger partial charge in [0.25, 0.3) is 0 Å². The highest BCUT2D eigenvalue weighted by Crippen LogP contribution is 2.13. The minimum atomic E-state index is -0.148. The van der Waals surface area contributed by atoms with Crippen LogP contribution in [0.15, 0.2) is 36.4 Å². The molecule has 0 saturated heterocycles. The van der Waals surface area contributed by atoms with Gasteiger partial charge in [0.05, 0.1) is 24.6 Å². The topological polar surface area (TPSA) is 53.4 Å².